The van der Waals surface area contributed by atoms with Gasteiger partial charge in [0.25, 0.3) is 0 Å². The molecule has 2 aromatic carbocycles. The van der Waals surface area contributed by atoms with Crippen molar-refractivity contribution in [3.8, 4) is 5.75 Å². The molecule has 0 saturated carbocycles. The summed E-state index contributed by atoms with van der Waals surface area (Å²) < 4.78 is 5.82. The van der Waals surface area contributed by atoms with Gasteiger partial charge in [0.1, 0.15) is 5.75 Å². The van der Waals surface area contributed by atoms with Crippen LogP contribution in [0.4, 0.5) is 5.69 Å². The number of fused-ring (bicyclic) bond motifs is 1. The van der Waals surface area contributed by atoms with Crippen molar-refractivity contribution < 1.29 is 9.53 Å². The molecule has 0 bridgehead atoms. The number of likely N-dealkylation sites (tertiary alicyclic amines) is 1. The van der Waals surface area contributed by atoms with Crippen molar-refractivity contribution >= 4 is 23.2 Å². The van der Waals surface area contributed by atoms with Crippen LogP contribution in [0.15, 0.2) is 42.5 Å². The van der Waals surface area contributed by atoms with Crippen LogP contribution in [0, 0.1) is 5.92 Å². The lowest BCUT2D eigenvalue weighted by Gasteiger charge is -2.33. The number of carbonyl (C=O) groups is 1. The van der Waals surface area contributed by atoms with Crippen LogP contribution in [0.25, 0.3) is 0 Å². The first-order chi connectivity index (χ1) is 14.0. The Morgan fingerprint density at radius 1 is 1.17 bits per heavy atom. The zero-order chi connectivity index (χ0) is 20.4. The number of piperidine rings is 1. The Morgan fingerprint density at radius 3 is 2.69 bits per heavy atom. The lowest BCUT2D eigenvalue weighted by molar-refractivity contribution is -0.117. The van der Waals surface area contributed by atoms with E-state index in [-0.39, 0.29) is 17.9 Å². The van der Waals surface area contributed by atoms with Crippen molar-refractivity contribution in [3.63, 3.8) is 0 Å². The summed E-state index contributed by atoms with van der Waals surface area (Å²) in [6.07, 6.45) is 3.39. The number of nitrogens with zero attached hydrogens (tertiary/aromatic N) is 1. The zero-order valence-electron chi connectivity index (χ0n) is 17.2. The lowest BCUT2D eigenvalue weighted by Crippen LogP contribution is -2.38. The maximum absolute atomic E-state index is 12.4. The molecule has 1 saturated heterocycles. The summed E-state index contributed by atoms with van der Waals surface area (Å²) in [5, 5.41) is 3.83. The smallest absolute Gasteiger partial charge is 0.233 e. The van der Waals surface area contributed by atoms with Gasteiger partial charge in [-0.25, -0.2) is 0 Å². The molecule has 0 spiro atoms. The summed E-state index contributed by atoms with van der Waals surface area (Å²) in [6, 6.07) is 14.0. The molecule has 2 aliphatic rings. The van der Waals surface area contributed by atoms with Crippen molar-refractivity contribution in [2.45, 2.75) is 45.1 Å². The molecule has 0 radical (unpaired) electrons. The quantitative estimate of drug-likeness (QED) is 0.716. The van der Waals surface area contributed by atoms with Crippen molar-refractivity contribution in [3.05, 3.63) is 58.6 Å². The Balaban J connectivity index is 1.33. The summed E-state index contributed by atoms with van der Waals surface area (Å²) in [5.74, 6) is 1.58. The third-order valence-corrected chi connectivity index (χ3v) is 6.32. The second-order valence-electron chi connectivity index (χ2n) is 8.50. The van der Waals surface area contributed by atoms with Crippen molar-refractivity contribution in [2.24, 2.45) is 5.92 Å². The van der Waals surface area contributed by atoms with Gasteiger partial charge in [0.2, 0.25) is 5.91 Å². The van der Waals surface area contributed by atoms with E-state index in [1.54, 1.807) is 0 Å². The molecule has 0 aliphatic carbocycles. The van der Waals surface area contributed by atoms with Gasteiger partial charge in [0.05, 0.1) is 12.0 Å². The van der Waals surface area contributed by atoms with E-state index in [1.165, 1.54) is 5.56 Å². The summed E-state index contributed by atoms with van der Waals surface area (Å²) in [6.45, 7) is 6.92. The Labute approximate surface area is 178 Å². The highest BCUT2D eigenvalue weighted by Crippen LogP contribution is 2.34. The van der Waals surface area contributed by atoms with E-state index in [2.05, 4.69) is 22.3 Å². The number of amides is 1. The van der Waals surface area contributed by atoms with E-state index in [0.29, 0.717) is 5.92 Å². The van der Waals surface area contributed by atoms with Gasteiger partial charge in [-0.1, -0.05) is 29.8 Å². The maximum Gasteiger partial charge on any atom is 0.233 e. The molecule has 1 N–H and O–H groups in total. The molecule has 2 aliphatic heterocycles. The van der Waals surface area contributed by atoms with Crippen LogP contribution < -0.4 is 10.1 Å². The first-order valence-electron chi connectivity index (χ1n) is 10.6. The highest BCUT2D eigenvalue weighted by molar-refractivity contribution is 6.31. The van der Waals surface area contributed by atoms with E-state index in [0.717, 1.165) is 60.9 Å². The fourth-order valence-corrected chi connectivity index (χ4v) is 4.65. The molecule has 1 amide bonds. The zero-order valence-corrected chi connectivity index (χ0v) is 17.9. The van der Waals surface area contributed by atoms with E-state index >= 15 is 0 Å². The Hall–Kier alpha value is -2.04. The molecular formula is C24H29ClN2O2. The minimum atomic E-state index is -0.0536. The highest BCUT2D eigenvalue weighted by atomic mass is 35.5. The van der Waals surface area contributed by atoms with Gasteiger partial charge in [-0.15, -0.1) is 0 Å². The number of nitrogens with one attached hydrogen (secondary N) is 1. The SMILES string of the molecule is CC(C)Oc1ccc(Cl)c(CC2CCN(CC3C(=O)Nc4ccccc43)CC2)c1. The van der Waals surface area contributed by atoms with Gasteiger partial charge in [-0.3, -0.25) is 4.79 Å². The number of anilines is 1. The molecular weight excluding hydrogens is 384 g/mol. The summed E-state index contributed by atoms with van der Waals surface area (Å²) in [4.78, 5) is 14.8. The number of hydrogen-bond acceptors (Lipinski definition) is 3. The van der Waals surface area contributed by atoms with Crippen LogP contribution in [0.2, 0.25) is 5.02 Å². The van der Waals surface area contributed by atoms with Gasteiger partial charge < -0.3 is 15.0 Å². The second-order valence-corrected chi connectivity index (χ2v) is 8.90. The number of para-hydroxylation sites is 1. The van der Waals surface area contributed by atoms with Crippen molar-refractivity contribution in [2.75, 3.05) is 25.0 Å². The van der Waals surface area contributed by atoms with Gasteiger partial charge in [-0.2, -0.15) is 0 Å². The van der Waals surface area contributed by atoms with Crippen molar-refractivity contribution in [1.29, 1.82) is 0 Å². The Kier molecular flexibility index (Phi) is 6.12. The average Bonchev–Trinajstić information content (AvgIpc) is 3.01. The lowest BCUT2D eigenvalue weighted by atomic mass is 9.89. The molecule has 0 aromatic heterocycles. The van der Waals surface area contributed by atoms with Crippen LogP contribution in [0.1, 0.15) is 43.7 Å². The molecule has 2 heterocycles. The van der Waals surface area contributed by atoms with Gasteiger partial charge >= 0.3 is 0 Å². The van der Waals surface area contributed by atoms with Gasteiger partial charge in [-0.05, 0) is 87.5 Å². The largest absolute Gasteiger partial charge is 0.491 e. The van der Waals surface area contributed by atoms with E-state index in [1.807, 2.05) is 44.2 Å². The van der Waals surface area contributed by atoms with Crippen LogP contribution in [-0.4, -0.2) is 36.5 Å². The molecule has 4 rings (SSSR count). The molecule has 5 heteroatoms. The molecule has 1 atom stereocenters. The number of halogens is 1. The fraction of sp³-hybridized carbons (Fsp3) is 0.458. The fourth-order valence-electron chi connectivity index (χ4n) is 4.45. The molecule has 1 fully saturated rings. The van der Waals surface area contributed by atoms with Crippen LogP contribution in [-0.2, 0) is 11.2 Å². The number of rotatable bonds is 6. The number of benzene rings is 2. The standard InChI is InChI=1S/C24H29ClN2O2/c1-16(2)29-19-7-8-22(25)18(14-19)13-17-9-11-27(12-10-17)15-21-20-5-3-4-6-23(20)26-24(21)28/h3-8,14,16-17,21H,9-13,15H2,1-2H3,(H,26,28). The summed E-state index contributed by atoms with van der Waals surface area (Å²) >= 11 is 6.45. The number of hydrogen-bond donors (Lipinski definition) is 1. The van der Waals surface area contributed by atoms with Gasteiger partial charge in [0, 0.05) is 17.3 Å². The molecule has 154 valence electrons. The molecule has 2 aromatic rings. The first-order valence-corrected chi connectivity index (χ1v) is 10.9. The predicted molar refractivity (Wildman–Crippen MR) is 118 cm³/mol. The maximum atomic E-state index is 12.4. The highest BCUT2D eigenvalue weighted by Gasteiger charge is 2.32. The topological polar surface area (TPSA) is 41.6 Å². The number of ether oxygens (including phenoxy) is 1. The molecule has 4 nitrogen and oxygen atoms in total. The molecule has 1 unspecified atom stereocenters. The van der Waals surface area contributed by atoms with Crippen LogP contribution in [0.5, 0.6) is 5.75 Å². The first kappa shape index (κ1) is 20.2. The van der Waals surface area contributed by atoms with Crippen LogP contribution in [0.3, 0.4) is 0 Å². The van der Waals surface area contributed by atoms with Crippen LogP contribution >= 0.6 is 11.6 Å². The Bertz CT molecular complexity index is 875. The summed E-state index contributed by atoms with van der Waals surface area (Å²) in [5.41, 5.74) is 3.27. The normalized spacial score (nSPS) is 20.0. The third kappa shape index (κ3) is 4.76. The Morgan fingerprint density at radius 2 is 1.93 bits per heavy atom. The monoisotopic (exact) mass is 412 g/mol. The van der Waals surface area contributed by atoms with Crippen molar-refractivity contribution in [1.82, 2.24) is 4.90 Å². The predicted octanol–water partition coefficient (Wildman–Crippen LogP) is 5.12. The van der Waals surface area contributed by atoms with E-state index in [4.69, 9.17) is 16.3 Å². The minimum Gasteiger partial charge on any atom is -0.491 e. The second kappa shape index (κ2) is 8.76. The van der Waals surface area contributed by atoms with E-state index in [9.17, 15) is 4.79 Å². The summed E-state index contributed by atoms with van der Waals surface area (Å²) in [7, 11) is 0. The third-order valence-electron chi connectivity index (χ3n) is 5.96. The molecule has 29 heavy (non-hydrogen) atoms. The number of carbonyl (C=O) groups excluding carboxylic acids is 1. The minimum absolute atomic E-state index is 0.0536. The average molecular weight is 413 g/mol. The van der Waals surface area contributed by atoms with Gasteiger partial charge in [0.15, 0.2) is 0 Å². The van der Waals surface area contributed by atoms with E-state index < -0.39 is 0 Å².